The van der Waals surface area contributed by atoms with Crippen LogP contribution in [0, 0.1) is 0 Å². The maximum absolute atomic E-state index is 12.7. The first-order chi connectivity index (χ1) is 14.6. The van der Waals surface area contributed by atoms with Crippen LogP contribution in [0.3, 0.4) is 0 Å². The number of hydrogen-bond donors (Lipinski definition) is 1. The highest BCUT2D eigenvalue weighted by Crippen LogP contribution is 2.15. The van der Waals surface area contributed by atoms with Gasteiger partial charge in [-0.1, -0.05) is 6.92 Å². The Hall–Kier alpha value is -3.20. The Morgan fingerprint density at radius 3 is 2.33 bits per heavy atom. The number of carbonyl (C=O) groups excluding carboxylic acids is 2. The Bertz CT molecular complexity index is 822. The zero-order valence-electron chi connectivity index (χ0n) is 17.5. The topological polar surface area (TPSA) is 90.9 Å². The molecule has 9 heteroatoms. The van der Waals surface area contributed by atoms with Crippen molar-refractivity contribution < 1.29 is 14.3 Å². The maximum Gasteiger partial charge on any atom is 0.238 e. The number of amides is 2. The summed E-state index contributed by atoms with van der Waals surface area (Å²) in [5.41, 5.74) is 0.697. The molecular weight excluding hydrogens is 384 g/mol. The molecule has 1 N–H and O–H groups in total. The van der Waals surface area contributed by atoms with E-state index in [1.54, 1.807) is 49.8 Å². The van der Waals surface area contributed by atoms with Crippen LogP contribution in [0.4, 0.5) is 11.6 Å². The van der Waals surface area contributed by atoms with Gasteiger partial charge < -0.3 is 19.9 Å². The van der Waals surface area contributed by atoms with Crippen molar-refractivity contribution in [2.45, 2.75) is 6.92 Å². The number of rotatable bonds is 8. The molecule has 1 saturated heterocycles. The summed E-state index contributed by atoms with van der Waals surface area (Å²) in [6.45, 7) is 5.55. The van der Waals surface area contributed by atoms with Crippen molar-refractivity contribution in [2.75, 3.05) is 63.1 Å². The third kappa shape index (κ3) is 5.90. The van der Waals surface area contributed by atoms with E-state index in [1.165, 1.54) is 0 Å². The molecule has 0 bridgehead atoms. The number of ether oxygens (including phenoxy) is 1. The highest BCUT2D eigenvalue weighted by molar-refractivity contribution is 5.92. The number of benzene rings is 1. The second-order valence-corrected chi connectivity index (χ2v) is 7.00. The highest BCUT2D eigenvalue weighted by Gasteiger charge is 2.24. The van der Waals surface area contributed by atoms with E-state index in [0.717, 1.165) is 5.75 Å². The van der Waals surface area contributed by atoms with Crippen molar-refractivity contribution in [1.82, 2.24) is 19.8 Å². The van der Waals surface area contributed by atoms with E-state index in [0.29, 0.717) is 44.4 Å². The molecule has 9 nitrogen and oxygen atoms in total. The molecule has 1 aromatic carbocycles. The molecule has 0 saturated carbocycles. The lowest BCUT2D eigenvalue weighted by Gasteiger charge is -2.35. The van der Waals surface area contributed by atoms with Crippen LogP contribution in [0.2, 0.25) is 0 Å². The summed E-state index contributed by atoms with van der Waals surface area (Å²) in [5.74, 6) is 1.30. The first kappa shape index (κ1) is 21.5. The molecule has 2 heterocycles. The predicted molar refractivity (Wildman–Crippen MR) is 115 cm³/mol. The molecule has 1 fully saturated rings. The fourth-order valence-corrected chi connectivity index (χ4v) is 3.26. The van der Waals surface area contributed by atoms with E-state index in [2.05, 4.69) is 20.2 Å². The number of anilines is 2. The summed E-state index contributed by atoms with van der Waals surface area (Å²) >= 11 is 0. The third-order valence-electron chi connectivity index (χ3n) is 5.01. The molecule has 2 amide bonds. The standard InChI is InChI=1S/C21H28N6O3/c1-3-25(15-19(28)24-17-5-7-18(30-2)8-6-17)16-20(29)26-11-13-27(14-12-26)21-22-9-4-10-23-21/h4-10H,3,11-16H2,1-2H3,(H,24,28). The Balaban J connectivity index is 1.45. The van der Waals surface area contributed by atoms with Gasteiger partial charge in [-0.25, -0.2) is 9.97 Å². The summed E-state index contributed by atoms with van der Waals surface area (Å²) < 4.78 is 5.12. The highest BCUT2D eigenvalue weighted by atomic mass is 16.5. The molecule has 0 unspecified atom stereocenters. The van der Waals surface area contributed by atoms with E-state index in [-0.39, 0.29) is 24.9 Å². The number of aromatic nitrogens is 2. The van der Waals surface area contributed by atoms with Crippen molar-refractivity contribution in [1.29, 1.82) is 0 Å². The normalized spacial score (nSPS) is 14.0. The molecule has 1 aromatic heterocycles. The van der Waals surface area contributed by atoms with Crippen LogP contribution >= 0.6 is 0 Å². The number of piperazine rings is 1. The summed E-state index contributed by atoms with van der Waals surface area (Å²) in [7, 11) is 1.60. The molecule has 30 heavy (non-hydrogen) atoms. The molecule has 0 spiro atoms. The number of carbonyl (C=O) groups is 2. The number of hydrogen-bond acceptors (Lipinski definition) is 7. The third-order valence-corrected chi connectivity index (χ3v) is 5.01. The molecular formula is C21H28N6O3. The van der Waals surface area contributed by atoms with Gasteiger partial charge in [0.15, 0.2) is 0 Å². The minimum atomic E-state index is -0.152. The van der Waals surface area contributed by atoms with Gasteiger partial charge in [-0.05, 0) is 36.9 Å². The van der Waals surface area contributed by atoms with Crippen LogP contribution in [0.15, 0.2) is 42.7 Å². The number of likely N-dealkylation sites (N-methyl/N-ethyl adjacent to an activating group) is 1. The summed E-state index contributed by atoms with van der Waals surface area (Å²) in [4.78, 5) is 39.3. The SMILES string of the molecule is CCN(CC(=O)Nc1ccc(OC)cc1)CC(=O)N1CCN(c2ncccn2)CC1. The Morgan fingerprint density at radius 2 is 1.73 bits per heavy atom. The lowest BCUT2D eigenvalue weighted by molar-refractivity contribution is -0.133. The smallest absolute Gasteiger partial charge is 0.238 e. The van der Waals surface area contributed by atoms with Gasteiger partial charge in [0, 0.05) is 44.3 Å². The minimum Gasteiger partial charge on any atom is -0.497 e. The van der Waals surface area contributed by atoms with Crippen LogP contribution in [-0.2, 0) is 9.59 Å². The monoisotopic (exact) mass is 412 g/mol. The van der Waals surface area contributed by atoms with Crippen LogP contribution < -0.4 is 15.0 Å². The average Bonchev–Trinajstić information content (AvgIpc) is 2.79. The van der Waals surface area contributed by atoms with Crippen molar-refractivity contribution >= 4 is 23.5 Å². The molecule has 2 aromatic rings. The predicted octanol–water partition coefficient (Wildman–Crippen LogP) is 1.09. The lowest BCUT2D eigenvalue weighted by Crippen LogP contribution is -2.52. The van der Waals surface area contributed by atoms with Gasteiger partial charge in [-0.2, -0.15) is 0 Å². The van der Waals surface area contributed by atoms with E-state index >= 15 is 0 Å². The van der Waals surface area contributed by atoms with Crippen molar-refractivity contribution in [3.05, 3.63) is 42.7 Å². The largest absolute Gasteiger partial charge is 0.497 e. The van der Waals surface area contributed by atoms with Gasteiger partial charge >= 0.3 is 0 Å². The summed E-state index contributed by atoms with van der Waals surface area (Å²) in [6.07, 6.45) is 3.44. The van der Waals surface area contributed by atoms with Crippen molar-refractivity contribution in [2.24, 2.45) is 0 Å². The van der Waals surface area contributed by atoms with Crippen LogP contribution in [-0.4, -0.2) is 84.5 Å². The first-order valence-corrected chi connectivity index (χ1v) is 10.0. The molecule has 1 aliphatic rings. The van der Waals surface area contributed by atoms with Gasteiger partial charge in [0.05, 0.1) is 20.2 Å². The molecule has 3 rings (SSSR count). The molecule has 0 radical (unpaired) electrons. The van der Waals surface area contributed by atoms with Gasteiger partial charge in [-0.15, -0.1) is 0 Å². The molecule has 160 valence electrons. The average molecular weight is 412 g/mol. The maximum atomic E-state index is 12.7. The zero-order chi connectivity index (χ0) is 21.3. The molecule has 1 aliphatic heterocycles. The first-order valence-electron chi connectivity index (χ1n) is 10.0. The van der Waals surface area contributed by atoms with Crippen LogP contribution in [0.5, 0.6) is 5.75 Å². The summed E-state index contributed by atoms with van der Waals surface area (Å²) in [5, 5.41) is 2.85. The van der Waals surface area contributed by atoms with Crippen LogP contribution in [0.1, 0.15) is 6.92 Å². The Kier molecular flexibility index (Phi) is 7.56. The van der Waals surface area contributed by atoms with Crippen LogP contribution in [0.25, 0.3) is 0 Å². The van der Waals surface area contributed by atoms with Gasteiger partial charge in [0.1, 0.15) is 5.75 Å². The summed E-state index contributed by atoms with van der Waals surface area (Å²) in [6, 6.07) is 8.93. The molecule has 0 atom stereocenters. The Morgan fingerprint density at radius 1 is 1.07 bits per heavy atom. The second kappa shape index (κ2) is 10.5. The minimum absolute atomic E-state index is 0.0303. The zero-order valence-corrected chi connectivity index (χ0v) is 17.5. The van der Waals surface area contributed by atoms with Crippen molar-refractivity contribution in [3.8, 4) is 5.75 Å². The van der Waals surface area contributed by atoms with E-state index in [9.17, 15) is 9.59 Å². The van der Waals surface area contributed by atoms with Gasteiger partial charge in [0.2, 0.25) is 17.8 Å². The fourth-order valence-electron chi connectivity index (χ4n) is 3.26. The second-order valence-electron chi connectivity index (χ2n) is 7.00. The lowest BCUT2D eigenvalue weighted by atomic mass is 10.3. The number of nitrogens with one attached hydrogen (secondary N) is 1. The number of methoxy groups -OCH3 is 1. The molecule has 0 aliphatic carbocycles. The number of nitrogens with zero attached hydrogens (tertiary/aromatic N) is 5. The van der Waals surface area contributed by atoms with E-state index in [4.69, 9.17) is 4.74 Å². The van der Waals surface area contributed by atoms with E-state index < -0.39 is 0 Å². The fraction of sp³-hybridized carbons (Fsp3) is 0.429. The Labute approximate surface area is 176 Å². The van der Waals surface area contributed by atoms with Gasteiger partial charge in [0.25, 0.3) is 0 Å². The quantitative estimate of drug-likeness (QED) is 0.694. The van der Waals surface area contributed by atoms with E-state index in [1.807, 2.05) is 16.7 Å². The van der Waals surface area contributed by atoms with Crippen molar-refractivity contribution in [3.63, 3.8) is 0 Å². The van der Waals surface area contributed by atoms with Gasteiger partial charge in [-0.3, -0.25) is 14.5 Å².